The smallest absolute Gasteiger partial charge is 0.195 e. The quantitative estimate of drug-likeness (QED) is 0.786. The Morgan fingerprint density at radius 1 is 1.62 bits per heavy atom. The van der Waals surface area contributed by atoms with Crippen LogP contribution in [0.5, 0.6) is 0 Å². The van der Waals surface area contributed by atoms with Gasteiger partial charge in [0, 0.05) is 18.2 Å². The van der Waals surface area contributed by atoms with Gasteiger partial charge in [0.25, 0.3) is 0 Å². The van der Waals surface area contributed by atoms with Gasteiger partial charge in [-0.15, -0.1) is 0 Å². The van der Waals surface area contributed by atoms with Crippen LogP contribution in [0.1, 0.15) is 25.7 Å². The van der Waals surface area contributed by atoms with E-state index in [0.717, 1.165) is 22.8 Å². The highest BCUT2D eigenvalue weighted by Crippen LogP contribution is 2.10. The zero-order chi connectivity index (χ0) is 9.84. The summed E-state index contributed by atoms with van der Waals surface area (Å²) in [6.07, 6.45) is 3.08. The molecule has 0 aromatic carbocycles. The van der Waals surface area contributed by atoms with Crippen LogP contribution in [0, 0.1) is 4.77 Å². The molecule has 74 valence electrons. The van der Waals surface area contributed by atoms with E-state index in [1.54, 1.807) is 0 Å². The van der Waals surface area contributed by atoms with Gasteiger partial charge in [-0.2, -0.15) is 16.9 Å². The highest BCUT2D eigenvalue weighted by atomic mass is 32.2. The number of aromatic nitrogens is 3. The van der Waals surface area contributed by atoms with Gasteiger partial charge in [-0.25, -0.2) is 0 Å². The molecule has 0 bridgehead atoms. The van der Waals surface area contributed by atoms with Crippen LogP contribution < -0.4 is 0 Å². The Kier molecular flexibility index (Phi) is 3.99. The van der Waals surface area contributed by atoms with Crippen LogP contribution in [-0.4, -0.2) is 26.8 Å². The second-order valence-electron chi connectivity index (χ2n) is 3.15. The molecule has 0 unspecified atom stereocenters. The number of thioether (sulfide) groups is 1. The summed E-state index contributed by atoms with van der Waals surface area (Å²) in [5, 5.41) is 7.04. The van der Waals surface area contributed by atoms with Crippen molar-refractivity contribution in [1.82, 2.24) is 14.8 Å². The minimum atomic E-state index is 0.392. The first-order valence-electron chi connectivity index (χ1n) is 4.31. The van der Waals surface area contributed by atoms with Crippen molar-refractivity contribution in [2.75, 3.05) is 12.0 Å². The summed E-state index contributed by atoms with van der Waals surface area (Å²) in [4.78, 5) is 0. The molecule has 1 aromatic rings. The second kappa shape index (κ2) is 4.81. The normalized spacial score (nSPS) is 11.1. The molecule has 0 amide bonds. The molecule has 0 aliphatic heterocycles. The molecule has 3 nitrogen and oxygen atoms in total. The first-order valence-corrected chi connectivity index (χ1v) is 6.11. The van der Waals surface area contributed by atoms with Crippen LogP contribution in [0.15, 0.2) is 0 Å². The Balaban J connectivity index is 2.87. The lowest BCUT2D eigenvalue weighted by Crippen LogP contribution is -2.07. The molecule has 0 fully saturated rings. The Labute approximate surface area is 87.9 Å². The lowest BCUT2D eigenvalue weighted by atomic mass is 10.3. The molecule has 1 aromatic heterocycles. The van der Waals surface area contributed by atoms with Crippen LogP contribution in [0.4, 0.5) is 0 Å². The first-order chi connectivity index (χ1) is 6.16. The Morgan fingerprint density at radius 2 is 2.31 bits per heavy atom. The van der Waals surface area contributed by atoms with E-state index in [4.69, 9.17) is 12.2 Å². The minimum absolute atomic E-state index is 0.392. The summed E-state index contributed by atoms with van der Waals surface area (Å²) in [6, 6.07) is 0.392. The number of rotatable bonds is 4. The zero-order valence-corrected chi connectivity index (χ0v) is 9.84. The third kappa shape index (κ3) is 2.57. The van der Waals surface area contributed by atoms with Crippen molar-refractivity contribution in [1.29, 1.82) is 0 Å². The van der Waals surface area contributed by atoms with E-state index in [2.05, 4.69) is 34.9 Å². The molecule has 1 rings (SSSR count). The summed E-state index contributed by atoms with van der Waals surface area (Å²) < 4.78 is 2.80. The van der Waals surface area contributed by atoms with Crippen LogP contribution in [0.2, 0.25) is 0 Å². The molecule has 0 aliphatic carbocycles. The number of hydrogen-bond acceptors (Lipinski definition) is 3. The van der Waals surface area contributed by atoms with Crippen molar-refractivity contribution >= 4 is 24.0 Å². The van der Waals surface area contributed by atoms with Gasteiger partial charge in [0.05, 0.1) is 0 Å². The molecule has 1 N–H and O–H groups in total. The molecular weight excluding hydrogens is 202 g/mol. The number of aromatic amines is 1. The zero-order valence-electron chi connectivity index (χ0n) is 8.20. The molecule has 0 saturated carbocycles. The summed E-state index contributed by atoms with van der Waals surface area (Å²) in [6.45, 7) is 4.24. The number of hydrogen-bond donors (Lipinski definition) is 1. The molecular formula is C8H15N3S2. The van der Waals surface area contributed by atoms with Crippen LogP contribution in [0.3, 0.4) is 0 Å². The Bertz CT molecular complexity index is 313. The Hall–Kier alpha value is -0.290. The van der Waals surface area contributed by atoms with Crippen LogP contribution in [-0.2, 0) is 6.42 Å². The average Bonchev–Trinajstić information content (AvgIpc) is 2.43. The maximum Gasteiger partial charge on any atom is 0.195 e. The van der Waals surface area contributed by atoms with Crippen molar-refractivity contribution in [3.63, 3.8) is 0 Å². The maximum absolute atomic E-state index is 5.14. The predicted octanol–water partition coefficient (Wildman–Crippen LogP) is 2.43. The van der Waals surface area contributed by atoms with Crippen molar-refractivity contribution in [3.8, 4) is 0 Å². The molecule has 0 saturated heterocycles. The van der Waals surface area contributed by atoms with E-state index in [-0.39, 0.29) is 0 Å². The van der Waals surface area contributed by atoms with E-state index >= 15 is 0 Å². The third-order valence-electron chi connectivity index (χ3n) is 1.82. The van der Waals surface area contributed by atoms with Crippen molar-refractivity contribution in [3.05, 3.63) is 10.6 Å². The lowest BCUT2D eigenvalue weighted by Gasteiger charge is -2.09. The van der Waals surface area contributed by atoms with Gasteiger partial charge < -0.3 is 4.57 Å². The van der Waals surface area contributed by atoms with Crippen molar-refractivity contribution in [2.24, 2.45) is 0 Å². The molecule has 0 aliphatic rings. The van der Waals surface area contributed by atoms with Gasteiger partial charge in [0.1, 0.15) is 5.82 Å². The summed E-state index contributed by atoms with van der Waals surface area (Å²) in [7, 11) is 0. The highest BCUT2D eigenvalue weighted by molar-refractivity contribution is 7.98. The number of nitrogens with zero attached hydrogens (tertiary/aromatic N) is 2. The topological polar surface area (TPSA) is 33.6 Å². The van der Waals surface area contributed by atoms with Crippen molar-refractivity contribution in [2.45, 2.75) is 26.3 Å². The monoisotopic (exact) mass is 217 g/mol. The number of H-pyrrole nitrogens is 1. The van der Waals surface area contributed by atoms with Gasteiger partial charge in [0.15, 0.2) is 4.77 Å². The maximum atomic E-state index is 5.14. The molecule has 1 heterocycles. The van der Waals surface area contributed by atoms with E-state index in [9.17, 15) is 0 Å². The standard InChI is InChI=1S/C8H15N3S2/c1-6(2)11-7(4-5-13-3)9-10-8(11)12/h6H,4-5H2,1-3H3,(H,10,12). The predicted molar refractivity (Wildman–Crippen MR) is 59.9 cm³/mol. The SMILES string of the molecule is CSCCc1n[nH]c(=S)n1C(C)C. The fraction of sp³-hybridized carbons (Fsp3) is 0.750. The fourth-order valence-corrected chi connectivity index (χ4v) is 1.99. The molecule has 0 atom stereocenters. The van der Waals surface area contributed by atoms with Crippen molar-refractivity contribution < 1.29 is 0 Å². The van der Waals surface area contributed by atoms with Gasteiger partial charge in [-0.3, -0.25) is 5.10 Å². The Morgan fingerprint density at radius 3 is 2.85 bits per heavy atom. The summed E-state index contributed by atoms with van der Waals surface area (Å²) >= 11 is 6.96. The van der Waals surface area contributed by atoms with Gasteiger partial charge in [-0.05, 0) is 32.3 Å². The fourth-order valence-electron chi connectivity index (χ4n) is 1.24. The minimum Gasteiger partial charge on any atom is -0.302 e. The lowest BCUT2D eigenvalue weighted by molar-refractivity contribution is 0.565. The van der Waals surface area contributed by atoms with Gasteiger partial charge >= 0.3 is 0 Å². The summed E-state index contributed by atoms with van der Waals surface area (Å²) in [5.74, 6) is 2.15. The van der Waals surface area contributed by atoms with Crippen LogP contribution >= 0.6 is 24.0 Å². The van der Waals surface area contributed by atoms with E-state index in [1.165, 1.54) is 0 Å². The number of aryl methyl sites for hydroxylation is 1. The number of nitrogens with one attached hydrogen (secondary N) is 1. The van der Waals surface area contributed by atoms with E-state index in [0.29, 0.717) is 6.04 Å². The van der Waals surface area contributed by atoms with Crippen LogP contribution in [0.25, 0.3) is 0 Å². The van der Waals surface area contributed by atoms with Gasteiger partial charge in [0.2, 0.25) is 0 Å². The highest BCUT2D eigenvalue weighted by Gasteiger charge is 2.07. The third-order valence-corrected chi connectivity index (χ3v) is 2.72. The first kappa shape index (κ1) is 10.8. The average molecular weight is 217 g/mol. The summed E-state index contributed by atoms with van der Waals surface area (Å²) in [5.41, 5.74) is 0. The largest absolute Gasteiger partial charge is 0.302 e. The van der Waals surface area contributed by atoms with E-state index < -0.39 is 0 Å². The molecule has 0 radical (unpaired) electrons. The molecule has 0 spiro atoms. The van der Waals surface area contributed by atoms with Gasteiger partial charge in [-0.1, -0.05) is 0 Å². The van der Waals surface area contributed by atoms with E-state index in [1.807, 2.05) is 11.8 Å². The second-order valence-corrected chi connectivity index (χ2v) is 4.52. The molecule has 5 heteroatoms. The molecule has 13 heavy (non-hydrogen) atoms.